The van der Waals surface area contributed by atoms with Crippen LogP contribution in [0.2, 0.25) is 0 Å². The highest BCUT2D eigenvalue weighted by Crippen LogP contribution is 2.27. The summed E-state index contributed by atoms with van der Waals surface area (Å²) >= 11 is 0. The smallest absolute Gasteiger partial charge is 0.410 e. The number of likely N-dealkylation sites (tertiary alicyclic amines) is 1. The van der Waals surface area contributed by atoms with Crippen molar-refractivity contribution in [3.63, 3.8) is 0 Å². The van der Waals surface area contributed by atoms with Gasteiger partial charge in [-0.3, -0.25) is 4.79 Å². The van der Waals surface area contributed by atoms with E-state index in [0.717, 1.165) is 55.8 Å². The molecule has 158 valence electrons. The standard InChI is InChI=1S/C12H13N3O2.C9H17NO2/c1-17-11-5-3-2-4-9(11)10-6-12(15-8-16)14-7-13-10;1-9(2,3)12-8(11)10-6-4-5-7-10/h2,4,6-8H,3,5H2,1H3,(H,13,14,15,16);4-7H2,1-3H3. The van der Waals surface area contributed by atoms with Gasteiger partial charge in [-0.1, -0.05) is 12.2 Å². The van der Waals surface area contributed by atoms with E-state index < -0.39 is 0 Å². The van der Waals surface area contributed by atoms with Gasteiger partial charge >= 0.3 is 6.09 Å². The summed E-state index contributed by atoms with van der Waals surface area (Å²) in [6, 6.07) is 1.72. The molecule has 0 atom stereocenters. The first kappa shape index (κ1) is 22.4. The summed E-state index contributed by atoms with van der Waals surface area (Å²) in [6.45, 7) is 7.38. The number of ether oxygens (including phenoxy) is 2. The van der Waals surface area contributed by atoms with Crippen LogP contribution in [0.4, 0.5) is 10.6 Å². The number of allylic oxidation sites excluding steroid dienone is 4. The predicted molar refractivity (Wildman–Crippen MR) is 111 cm³/mol. The fourth-order valence-electron chi connectivity index (χ4n) is 2.95. The minimum Gasteiger partial charge on any atom is -0.500 e. The van der Waals surface area contributed by atoms with Crippen LogP contribution >= 0.6 is 0 Å². The van der Waals surface area contributed by atoms with Crippen LogP contribution in [0.25, 0.3) is 5.57 Å². The zero-order valence-electron chi connectivity index (χ0n) is 17.6. The van der Waals surface area contributed by atoms with Gasteiger partial charge < -0.3 is 19.7 Å². The first-order valence-electron chi connectivity index (χ1n) is 9.78. The topological polar surface area (TPSA) is 93.7 Å². The number of aromatic nitrogens is 2. The van der Waals surface area contributed by atoms with Crippen molar-refractivity contribution < 1.29 is 19.1 Å². The van der Waals surface area contributed by atoms with Gasteiger partial charge in [0.05, 0.1) is 12.8 Å². The second-order valence-electron chi connectivity index (χ2n) is 7.71. The molecule has 2 aliphatic rings. The van der Waals surface area contributed by atoms with Crippen molar-refractivity contribution >= 4 is 23.9 Å². The monoisotopic (exact) mass is 402 g/mol. The summed E-state index contributed by atoms with van der Waals surface area (Å²) in [7, 11) is 1.65. The molecule has 8 nitrogen and oxygen atoms in total. The van der Waals surface area contributed by atoms with Gasteiger partial charge in [-0.2, -0.15) is 0 Å². The molecule has 0 aromatic carbocycles. The van der Waals surface area contributed by atoms with Crippen LogP contribution in [0, 0.1) is 0 Å². The Morgan fingerprint density at radius 3 is 2.59 bits per heavy atom. The van der Waals surface area contributed by atoms with E-state index in [1.165, 1.54) is 6.33 Å². The summed E-state index contributed by atoms with van der Waals surface area (Å²) < 4.78 is 10.5. The fraction of sp³-hybridized carbons (Fsp3) is 0.524. The van der Waals surface area contributed by atoms with Crippen LogP contribution in [0.3, 0.4) is 0 Å². The predicted octanol–water partition coefficient (Wildman–Crippen LogP) is 3.77. The Kier molecular flexibility index (Phi) is 8.18. The summed E-state index contributed by atoms with van der Waals surface area (Å²) in [4.78, 5) is 31.6. The maximum atomic E-state index is 11.4. The molecule has 3 rings (SSSR count). The molecule has 2 heterocycles. The second-order valence-corrected chi connectivity index (χ2v) is 7.71. The van der Waals surface area contributed by atoms with Crippen LogP contribution in [0.1, 0.15) is 52.1 Å². The lowest BCUT2D eigenvalue weighted by Crippen LogP contribution is -2.34. The van der Waals surface area contributed by atoms with Crippen molar-refractivity contribution in [3.8, 4) is 0 Å². The molecule has 0 radical (unpaired) electrons. The zero-order valence-corrected chi connectivity index (χ0v) is 17.6. The number of amides is 2. The minimum absolute atomic E-state index is 0.167. The number of rotatable bonds is 4. The van der Waals surface area contributed by atoms with Crippen LogP contribution in [0.5, 0.6) is 0 Å². The molecule has 1 aromatic rings. The Balaban J connectivity index is 0.000000221. The third kappa shape index (κ3) is 7.21. The molecule has 1 N–H and O–H groups in total. The van der Waals surface area contributed by atoms with Gasteiger partial charge in [0.25, 0.3) is 0 Å². The average molecular weight is 402 g/mol. The van der Waals surface area contributed by atoms with Crippen molar-refractivity contribution in [2.45, 2.75) is 52.1 Å². The number of nitrogens with zero attached hydrogens (tertiary/aromatic N) is 3. The third-order valence-corrected chi connectivity index (χ3v) is 4.28. The molecule has 29 heavy (non-hydrogen) atoms. The summed E-state index contributed by atoms with van der Waals surface area (Å²) in [6.07, 6.45) is 9.96. The van der Waals surface area contributed by atoms with Crippen LogP contribution in [-0.4, -0.2) is 53.2 Å². The molecule has 1 fully saturated rings. The maximum Gasteiger partial charge on any atom is 0.410 e. The molecule has 0 saturated carbocycles. The molecule has 0 unspecified atom stereocenters. The highest BCUT2D eigenvalue weighted by atomic mass is 16.6. The number of carbonyl (C=O) groups excluding carboxylic acids is 2. The van der Waals surface area contributed by atoms with Crippen LogP contribution < -0.4 is 5.32 Å². The van der Waals surface area contributed by atoms with Gasteiger partial charge in [-0.05, 0) is 40.0 Å². The van der Waals surface area contributed by atoms with E-state index >= 15 is 0 Å². The van der Waals surface area contributed by atoms with Crippen LogP contribution in [0.15, 0.2) is 30.3 Å². The van der Waals surface area contributed by atoms with Gasteiger partial charge in [-0.25, -0.2) is 14.8 Å². The molecule has 2 amide bonds. The largest absolute Gasteiger partial charge is 0.500 e. The summed E-state index contributed by atoms with van der Waals surface area (Å²) in [5.74, 6) is 1.38. The lowest BCUT2D eigenvalue weighted by molar-refractivity contribution is -0.105. The van der Waals surface area contributed by atoms with E-state index in [1.54, 1.807) is 18.1 Å². The van der Waals surface area contributed by atoms with E-state index in [9.17, 15) is 9.59 Å². The number of anilines is 1. The Hall–Kier alpha value is -2.90. The second kappa shape index (κ2) is 10.6. The van der Waals surface area contributed by atoms with Crippen molar-refractivity contribution in [3.05, 3.63) is 36.0 Å². The Morgan fingerprint density at radius 2 is 1.97 bits per heavy atom. The number of carbonyl (C=O) groups is 2. The molecular formula is C21H30N4O4. The van der Waals surface area contributed by atoms with Gasteiger partial charge in [0.2, 0.25) is 6.41 Å². The van der Waals surface area contributed by atoms with Gasteiger partial charge in [0.1, 0.15) is 23.5 Å². The van der Waals surface area contributed by atoms with Crippen LogP contribution in [-0.2, 0) is 14.3 Å². The lowest BCUT2D eigenvalue weighted by Gasteiger charge is -2.23. The van der Waals surface area contributed by atoms with E-state index in [-0.39, 0.29) is 11.7 Å². The van der Waals surface area contributed by atoms with E-state index in [0.29, 0.717) is 12.2 Å². The van der Waals surface area contributed by atoms with E-state index in [1.807, 2.05) is 26.8 Å². The third-order valence-electron chi connectivity index (χ3n) is 4.28. The van der Waals surface area contributed by atoms with Gasteiger partial charge in [-0.15, -0.1) is 0 Å². The van der Waals surface area contributed by atoms with E-state index in [2.05, 4.69) is 21.4 Å². The molecule has 1 aromatic heterocycles. The zero-order chi connectivity index (χ0) is 21.3. The highest BCUT2D eigenvalue weighted by molar-refractivity contribution is 5.77. The lowest BCUT2D eigenvalue weighted by atomic mass is 10.0. The normalized spacial score (nSPS) is 16.1. The Bertz CT molecular complexity index is 762. The van der Waals surface area contributed by atoms with Crippen molar-refractivity contribution in [2.24, 2.45) is 0 Å². The highest BCUT2D eigenvalue weighted by Gasteiger charge is 2.23. The van der Waals surface area contributed by atoms with Crippen molar-refractivity contribution in [2.75, 3.05) is 25.5 Å². The van der Waals surface area contributed by atoms with E-state index in [4.69, 9.17) is 9.47 Å². The summed E-state index contributed by atoms with van der Waals surface area (Å²) in [5.41, 5.74) is 1.33. The quantitative estimate of drug-likeness (QED) is 0.771. The van der Waals surface area contributed by atoms with Gasteiger partial charge in [0.15, 0.2) is 0 Å². The minimum atomic E-state index is -0.361. The first-order chi connectivity index (χ1) is 13.8. The summed E-state index contributed by atoms with van der Waals surface area (Å²) in [5, 5.41) is 2.50. The fourth-order valence-corrected chi connectivity index (χ4v) is 2.95. The Labute approximate surface area is 172 Å². The average Bonchev–Trinajstić information content (AvgIpc) is 3.23. The molecule has 1 aliphatic heterocycles. The SMILES string of the molecule is CC(C)(C)OC(=O)N1CCCC1.COC1=C(c2cc(NC=O)ncn2)C=CCC1. The number of hydrogen-bond donors (Lipinski definition) is 1. The first-order valence-corrected chi connectivity index (χ1v) is 9.78. The number of nitrogens with one attached hydrogen (secondary N) is 1. The molecule has 8 heteroatoms. The molecule has 0 spiro atoms. The maximum absolute atomic E-state index is 11.4. The van der Waals surface area contributed by atoms with Gasteiger partial charge in [0, 0.05) is 31.1 Å². The number of hydrogen-bond acceptors (Lipinski definition) is 6. The van der Waals surface area contributed by atoms with Crippen molar-refractivity contribution in [1.82, 2.24) is 14.9 Å². The van der Waals surface area contributed by atoms with Crippen molar-refractivity contribution in [1.29, 1.82) is 0 Å². The molecular weight excluding hydrogens is 372 g/mol. The molecule has 0 bridgehead atoms. The number of methoxy groups -OCH3 is 1. The molecule has 1 saturated heterocycles. The molecule has 1 aliphatic carbocycles. The Morgan fingerprint density at radius 1 is 1.24 bits per heavy atom.